The molecule has 0 N–H and O–H groups in total. The molecule has 0 saturated heterocycles. The highest BCUT2D eigenvalue weighted by atomic mass is 16.5. The van der Waals surface area contributed by atoms with Crippen LogP contribution in [0.5, 0.6) is 0 Å². The summed E-state index contributed by atoms with van der Waals surface area (Å²) in [7, 11) is 0. The van der Waals surface area contributed by atoms with E-state index in [2.05, 4.69) is 27.7 Å². The average Bonchev–Trinajstić information content (AvgIpc) is 2.74. The van der Waals surface area contributed by atoms with Crippen LogP contribution in [-0.2, 0) is 9.47 Å². The van der Waals surface area contributed by atoms with Gasteiger partial charge in [0.1, 0.15) is 0 Å². The van der Waals surface area contributed by atoms with Crippen LogP contribution in [0.1, 0.15) is 137 Å². The van der Waals surface area contributed by atoms with E-state index in [0.717, 1.165) is 44.7 Å². The second kappa shape index (κ2) is 24.2. The Hall–Kier alpha value is -0.0800. The maximum Gasteiger partial charge on any atom is 0.0494 e. The van der Waals surface area contributed by atoms with E-state index in [9.17, 15) is 0 Å². The smallest absolute Gasteiger partial charge is 0.0494 e. The lowest BCUT2D eigenvalue weighted by Crippen LogP contribution is -2.14. The third kappa shape index (κ3) is 21.0. The molecule has 0 heterocycles. The number of unbranched alkanes of at least 4 members (excludes halogenated alkanes) is 8. The van der Waals surface area contributed by atoms with Crippen LogP contribution in [0.25, 0.3) is 0 Å². The molecule has 0 radical (unpaired) electrons. The third-order valence-corrected chi connectivity index (χ3v) is 6.15. The fourth-order valence-corrected chi connectivity index (χ4v) is 4.09. The van der Waals surface area contributed by atoms with E-state index in [1.54, 1.807) is 0 Å². The Morgan fingerprint density at radius 3 is 1.17 bits per heavy atom. The fraction of sp³-hybridized carbons (Fsp3) is 1.00. The number of rotatable bonds is 24. The topological polar surface area (TPSA) is 18.5 Å². The summed E-state index contributed by atoms with van der Waals surface area (Å²) in [5.41, 5.74) is 0. The number of hydrogen-bond donors (Lipinski definition) is 0. The van der Waals surface area contributed by atoms with E-state index >= 15 is 0 Å². The van der Waals surface area contributed by atoms with E-state index in [1.807, 2.05) is 0 Å². The van der Waals surface area contributed by atoms with Crippen molar-refractivity contribution in [2.24, 2.45) is 11.8 Å². The van der Waals surface area contributed by atoms with Gasteiger partial charge in [-0.15, -0.1) is 0 Å². The maximum atomic E-state index is 6.03. The minimum Gasteiger partial charge on any atom is -0.381 e. The zero-order valence-corrected chi connectivity index (χ0v) is 20.8. The van der Waals surface area contributed by atoms with Gasteiger partial charge in [0.15, 0.2) is 0 Å². The minimum absolute atomic E-state index is 0.772. The molecule has 0 aromatic heterocycles. The normalized spacial score (nSPS) is 13.7. The molecule has 0 spiro atoms. The summed E-state index contributed by atoms with van der Waals surface area (Å²) in [5, 5.41) is 0. The maximum absolute atomic E-state index is 6.03. The predicted molar refractivity (Wildman–Crippen MR) is 130 cm³/mol. The van der Waals surface area contributed by atoms with Crippen LogP contribution in [0, 0.1) is 11.8 Å². The van der Waals surface area contributed by atoms with Crippen LogP contribution in [0.3, 0.4) is 0 Å². The van der Waals surface area contributed by atoms with Crippen molar-refractivity contribution < 1.29 is 9.47 Å². The molecule has 0 amide bonds. The lowest BCUT2D eigenvalue weighted by atomic mass is 9.96. The molecule has 0 aromatic carbocycles. The summed E-state index contributed by atoms with van der Waals surface area (Å²) in [6.45, 7) is 12.8. The highest BCUT2D eigenvalue weighted by molar-refractivity contribution is 4.61. The molecular formula is C27H56O2. The third-order valence-electron chi connectivity index (χ3n) is 6.15. The molecule has 0 saturated carbocycles. The first-order valence-corrected chi connectivity index (χ1v) is 13.4. The van der Waals surface area contributed by atoms with Crippen LogP contribution in [-0.4, -0.2) is 26.4 Å². The van der Waals surface area contributed by atoms with Gasteiger partial charge in [0.2, 0.25) is 0 Å². The standard InChI is InChI=1S/C27H56O2/c1-5-9-13-15-20-26(18-11-7-3)24-28-22-17-23-29-25-27(19-12-8-4)21-16-14-10-6-2/h26-27H,5-25H2,1-4H3. The van der Waals surface area contributed by atoms with Crippen molar-refractivity contribution in [3.8, 4) is 0 Å². The SMILES string of the molecule is CCCCCCC(CCCC)COCCCOCC(CCCC)CCCCCC. The summed E-state index contributed by atoms with van der Waals surface area (Å²) < 4.78 is 12.1. The van der Waals surface area contributed by atoms with Crippen molar-refractivity contribution in [2.45, 2.75) is 137 Å². The second-order valence-corrected chi connectivity index (χ2v) is 9.22. The van der Waals surface area contributed by atoms with E-state index < -0.39 is 0 Å². The molecule has 0 aliphatic heterocycles. The minimum atomic E-state index is 0.772. The fourth-order valence-electron chi connectivity index (χ4n) is 4.09. The molecule has 0 aliphatic rings. The van der Waals surface area contributed by atoms with Gasteiger partial charge in [0, 0.05) is 26.4 Å². The predicted octanol–water partition coefficient (Wildman–Crippen LogP) is 8.96. The van der Waals surface area contributed by atoms with Crippen molar-refractivity contribution in [3.05, 3.63) is 0 Å². The summed E-state index contributed by atoms with van der Waals surface area (Å²) in [6, 6.07) is 0. The molecule has 0 aliphatic carbocycles. The highest BCUT2D eigenvalue weighted by Crippen LogP contribution is 2.19. The van der Waals surface area contributed by atoms with Crippen LogP contribution >= 0.6 is 0 Å². The average molecular weight is 413 g/mol. The van der Waals surface area contributed by atoms with Gasteiger partial charge >= 0.3 is 0 Å². The van der Waals surface area contributed by atoms with Gasteiger partial charge in [0.25, 0.3) is 0 Å². The van der Waals surface area contributed by atoms with E-state index in [4.69, 9.17) is 9.47 Å². The first-order valence-electron chi connectivity index (χ1n) is 13.4. The van der Waals surface area contributed by atoms with Crippen LogP contribution in [0.4, 0.5) is 0 Å². The van der Waals surface area contributed by atoms with Gasteiger partial charge in [-0.3, -0.25) is 0 Å². The Morgan fingerprint density at radius 2 is 0.793 bits per heavy atom. The summed E-state index contributed by atoms with van der Waals surface area (Å²) in [6.07, 6.45) is 22.7. The Kier molecular flexibility index (Phi) is 24.1. The number of hydrogen-bond acceptors (Lipinski definition) is 2. The largest absolute Gasteiger partial charge is 0.381 e. The molecule has 176 valence electrons. The van der Waals surface area contributed by atoms with Crippen molar-refractivity contribution in [1.82, 2.24) is 0 Å². The summed E-state index contributed by atoms with van der Waals surface area (Å²) in [4.78, 5) is 0. The quantitative estimate of drug-likeness (QED) is 0.147. The van der Waals surface area contributed by atoms with Gasteiger partial charge in [0.05, 0.1) is 0 Å². The molecule has 2 nitrogen and oxygen atoms in total. The molecule has 0 aromatic rings. The van der Waals surface area contributed by atoms with E-state index in [0.29, 0.717) is 0 Å². The lowest BCUT2D eigenvalue weighted by Gasteiger charge is -2.18. The Morgan fingerprint density at radius 1 is 0.414 bits per heavy atom. The van der Waals surface area contributed by atoms with Crippen molar-refractivity contribution in [1.29, 1.82) is 0 Å². The zero-order valence-electron chi connectivity index (χ0n) is 20.8. The molecule has 2 atom stereocenters. The van der Waals surface area contributed by atoms with Gasteiger partial charge in [-0.1, -0.05) is 105 Å². The molecule has 0 bridgehead atoms. The van der Waals surface area contributed by atoms with Crippen LogP contribution in [0.2, 0.25) is 0 Å². The Bertz CT molecular complexity index is 264. The molecule has 0 fully saturated rings. The van der Waals surface area contributed by atoms with Gasteiger partial charge in [-0.25, -0.2) is 0 Å². The molecule has 0 rings (SSSR count). The first kappa shape index (κ1) is 28.9. The Balaban J connectivity index is 3.80. The monoisotopic (exact) mass is 412 g/mol. The van der Waals surface area contributed by atoms with Crippen LogP contribution < -0.4 is 0 Å². The molecule has 29 heavy (non-hydrogen) atoms. The summed E-state index contributed by atoms with van der Waals surface area (Å²) in [5.74, 6) is 1.54. The van der Waals surface area contributed by atoms with Crippen molar-refractivity contribution in [2.75, 3.05) is 26.4 Å². The van der Waals surface area contributed by atoms with Gasteiger partial charge in [-0.05, 0) is 43.9 Å². The zero-order chi connectivity index (χ0) is 21.4. The second-order valence-electron chi connectivity index (χ2n) is 9.22. The number of ether oxygens (including phenoxy) is 2. The molecular weight excluding hydrogens is 356 g/mol. The summed E-state index contributed by atoms with van der Waals surface area (Å²) >= 11 is 0. The molecule has 2 unspecified atom stereocenters. The van der Waals surface area contributed by atoms with Crippen molar-refractivity contribution >= 4 is 0 Å². The first-order chi connectivity index (χ1) is 14.3. The van der Waals surface area contributed by atoms with Crippen molar-refractivity contribution in [3.63, 3.8) is 0 Å². The van der Waals surface area contributed by atoms with E-state index in [1.165, 1.54) is 103 Å². The van der Waals surface area contributed by atoms with Gasteiger partial charge in [-0.2, -0.15) is 0 Å². The molecule has 2 heteroatoms. The van der Waals surface area contributed by atoms with E-state index in [-0.39, 0.29) is 0 Å². The van der Waals surface area contributed by atoms with Crippen LogP contribution in [0.15, 0.2) is 0 Å². The van der Waals surface area contributed by atoms with Gasteiger partial charge < -0.3 is 9.47 Å². The highest BCUT2D eigenvalue weighted by Gasteiger charge is 2.10. The lowest BCUT2D eigenvalue weighted by molar-refractivity contribution is 0.0487. The Labute approximate surface area is 184 Å².